The number of nitrogens with two attached hydrogens (primary N) is 1. The van der Waals surface area contributed by atoms with Crippen LogP contribution in [0.4, 0.5) is 25.4 Å². The Balaban J connectivity index is 1.55. The molecule has 0 aliphatic carbocycles. The molecule has 0 bridgehead atoms. The highest BCUT2D eigenvalue weighted by Crippen LogP contribution is 2.28. The predicted octanol–water partition coefficient (Wildman–Crippen LogP) is 3.31. The van der Waals surface area contributed by atoms with Crippen LogP contribution in [0.5, 0.6) is 0 Å². The molecule has 3 heterocycles. The maximum absolute atomic E-state index is 14.2. The lowest BCUT2D eigenvalue weighted by atomic mass is 10.2. The van der Waals surface area contributed by atoms with Gasteiger partial charge in [-0.25, -0.2) is 14.0 Å². The molecule has 0 radical (unpaired) electrons. The molecule has 11 heteroatoms. The lowest BCUT2D eigenvalue weighted by molar-refractivity contribution is -0.119. The number of para-hydroxylation sites is 1. The maximum atomic E-state index is 14.2. The number of urea groups is 1. The molecule has 1 aromatic carbocycles. The SMILES string of the molecule is NC(=O)n1cc(NC(=O)N2C[C@H](F)C[C@H]2C(=O)Nc2cncc(Br)c2)c2ccccc21. The van der Waals surface area contributed by atoms with E-state index in [4.69, 9.17) is 5.73 Å². The number of nitrogens with one attached hydrogen (secondary N) is 2. The number of carbonyl (C=O) groups excluding carboxylic acids is 3. The van der Waals surface area contributed by atoms with Gasteiger partial charge in [-0.15, -0.1) is 0 Å². The molecule has 0 saturated carbocycles. The van der Waals surface area contributed by atoms with Gasteiger partial charge in [-0.3, -0.25) is 14.3 Å². The van der Waals surface area contributed by atoms with Crippen LogP contribution in [0.15, 0.2) is 53.4 Å². The monoisotopic (exact) mass is 488 g/mol. The number of aromatic nitrogens is 2. The number of pyridine rings is 1. The van der Waals surface area contributed by atoms with Crippen LogP contribution in [-0.2, 0) is 4.79 Å². The van der Waals surface area contributed by atoms with Crippen molar-refractivity contribution in [2.45, 2.75) is 18.6 Å². The van der Waals surface area contributed by atoms with E-state index in [-0.39, 0.29) is 13.0 Å². The van der Waals surface area contributed by atoms with Crippen molar-refractivity contribution in [3.8, 4) is 0 Å². The second-order valence-electron chi connectivity index (χ2n) is 7.08. The van der Waals surface area contributed by atoms with Gasteiger partial charge in [0.25, 0.3) is 0 Å². The minimum Gasteiger partial charge on any atom is -0.351 e. The summed E-state index contributed by atoms with van der Waals surface area (Å²) in [6.45, 7) is -0.227. The number of hydrogen-bond acceptors (Lipinski definition) is 4. The fourth-order valence-corrected chi connectivity index (χ4v) is 3.98. The summed E-state index contributed by atoms with van der Waals surface area (Å²) in [5.41, 5.74) is 6.67. The number of carbonyl (C=O) groups is 3. The van der Waals surface area contributed by atoms with E-state index in [1.807, 2.05) is 0 Å². The van der Waals surface area contributed by atoms with Crippen molar-refractivity contribution in [3.63, 3.8) is 0 Å². The van der Waals surface area contributed by atoms with Gasteiger partial charge in [0.1, 0.15) is 12.2 Å². The number of halogens is 2. The summed E-state index contributed by atoms with van der Waals surface area (Å²) in [4.78, 5) is 42.5. The van der Waals surface area contributed by atoms with Crippen molar-refractivity contribution >= 4 is 56.2 Å². The summed E-state index contributed by atoms with van der Waals surface area (Å²) < 4.78 is 16.0. The second kappa shape index (κ2) is 8.34. The number of benzene rings is 1. The fraction of sp³-hybridized carbons (Fsp3) is 0.200. The third kappa shape index (κ3) is 4.22. The number of primary amides is 1. The molecule has 1 saturated heterocycles. The predicted molar refractivity (Wildman–Crippen MR) is 117 cm³/mol. The Labute approximate surface area is 184 Å². The van der Waals surface area contributed by atoms with E-state index in [0.717, 1.165) is 4.90 Å². The molecule has 3 aromatic rings. The Morgan fingerprint density at radius 2 is 1.97 bits per heavy atom. The van der Waals surface area contributed by atoms with Gasteiger partial charge in [-0.05, 0) is 28.1 Å². The van der Waals surface area contributed by atoms with Crippen LogP contribution in [0.25, 0.3) is 10.9 Å². The molecule has 2 atom stereocenters. The van der Waals surface area contributed by atoms with Crippen LogP contribution in [0, 0.1) is 0 Å². The number of nitrogens with zero attached hydrogens (tertiary/aromatic N) is 3. The average Bonchev–Trinajstić information content (AvgIpc) is 3.29. The van der Waals surface area contributed by atoms with Crippen LogP contribution in [-0.4, -0.2) is 51.2 Å². The highest BCUT2D eigenvalue weighted by molar-refractivity contribution is 9.10. The van der Waals surface area contributed by atoms with E-state index in [2.05, 4.69) is 31.5 Å². The Morgan fingerprint density at radius 3 is 2.71 bits per heavy atom. The van der Waals surface area contributed by atoms with Gasteiger partial charge in [0, 0.05) is 28.7 Å². The molecule has 2 aromatic heterocycles. The number of fused-ring (bicyclic) bond motifs is 1. The first-order valence-electron chi connectivity index (χ1n) is 9.36. The van der Waals surface area contributed by atoms with Gasteiger partial charge >= 0.3 is 12.1 Å². The zero-order valence-electron chi connectivity index (χ0n) is 16.1. The summed E-state index contributed by atoms with van der Waals surface area (Å²) >= 11 is 3.27. The minimum absolute atomic E-state index is 0.121. The Hall–Kier alpha value is -3.47. The highest BCUT2D eigenvalue weighted by Gasteiger charge is 2.40. The van der Waals surface area contributed by atoms with Crippen LogP contribution >= 0.6 is 15.9 Å². The van der Waals surface area contributed by atoms with Gasteiger partial charge in [-0.1, -0.05) is 18.2 Å². The molecule has 1 fully saturated rings. The number of amides is 4. The van der Waals surface area contributed by atoms with E-state index >= 15 is 0 Å². The Bertz CT molecular complexity index is 1180. The lowest BCUT2D eigenvalue weighted by Crippen LogP contribution is -2.45. The summed E-state index contributed by atoms with van der Waals surface area (Å²) in [7, 11) is 0. The summed E-state index contributed by atoms with van der Waals surface area (Å²) in [6, 6.07) is 6.18. The van der Waals surface area contributed by atoms with E-state index in [1.165, 1.54) is 17.0 Å². The second-order valence-corrected chi connectivity index (χ2v) is 8.00. The van der Waals surface area contributed by atoms with E-state index in [9.17, 15) is 18.8 Å². The molecule has 4 rings (SSSR count). The Kier molecular flexibility index (Phi) is 5.59. The van der Waals surface area contributed by atoms with E-state index < -0.39 is 30.2 Å². The molecule has 0 spiro atoms. The average molecular weight is 489 g/mol. The number of anilines is 2. The molecule has 4 N–H and O–H groups in total. The molecule has 9 nitrogen and oxygen atoms in total. The van der Waals surface area contributed by atoms with Crippen molar-refractivity contribution in [1.29, 1.82) is 0 Å². The van der Waals surface area contributed by atoms with Crippen molar-refractivity contribution in [2.75, 3.05) is 17.2 Å². The van der Waals surface area contributed by atoms with Crippen molar-refractivity contribution in [1.82, 2.24) is 14.5 Å². The van der Waals surface area contributed by atoms with Gasteiger partial charge < -0.3 is 21.3 Å². The highest BCUT2D eigenvalue weighted by atomic mass is 79.9. The van der Waals surface area contributed by atoms with Crippen LogP contribution in [0.3, 0.4) is 0 Å². The first-order valence-corrected chi connectivity index (χ1v) is 10.2. The van der Waals surface area contributed by atoms with Crippen molar-refractivity contribution in [3.05, 3.63) is 53.4 Å². The molecule has 0 unspecified atom stereocenters. The van der Waals surface area contributed by atoms with Crippen LogP contribution in [0.2, 0.25) is 0 Å². The summed E-state index contributed by atoms with van der Waals surface area (Å²) in [5.74, 6) is -0.519. The number of likely N-dealkylation sites (tertiary alicyclic amines) is 1. The van der Waals surface area contributed by atoms with Crippen molar-refractivity contribution < 1.29 is 18.8 Å². The number of rotatable bonds is 3. The molecule has 1 aliphatic rings. The number of hydrogen-bond donors (Lipinski definition) is 3. The molecule has 31 heavy (non-hydrogen) atoms. The zero-order valence-corrected chi connectivity index (χ0v) is 17.7. The van der Waals surface area contributed by atoms with E-state index in [0.29, 0.717) is 26.8 Å². The lowest BCUT2D eigenvalue weighted by Gasteiger charge is -2.23. The van der Waals surface area contributed by atoms with Gasteiger partial charge in [-0.2, -0.15) is 0 Å². The smallest absolute Gasteiger partial charge is 0.323 e. The fourth-order valence-electron chi connectivity index (χ4n) is 3.61. The van der Waals surface area contributed by atoms with Crippen LogP contribution in [0.1, 0.15) is 6.42 Å². The molecular formula is C20H18BrFN6O3. The van der Waals surface area contributed by atoms with Gasteiger partial charge in [0.15, 0.2) is 0 Å². The molecular weight excluding hydrogens is 471 g/mol. The zero-order chi connectivity index (χ0) is 22.1. The molecule has 1 aliphatic heterocycles. The van der Waals surface area contributed by atoms with Crippen molar-refractivity contribution in [2.24, 2.45) is 5.73 Å². The number of alkyl halides is 1. The summed E-state index contributed by atoms with van der Waals surface area (Å²) in [6.07, 6.45) is 2.95. The quantitative estimate of drug-likeness (QED) is 0.523. The largest absolute Gasteiger partial charge is 0.351 e. The first-order chi connectivity index (χ1) is 14.8. The van der Waals surface area contributed by atoms with E-state index in [1.54, 1.807) is 36.5 Å². The van der Waals surface area contributed by atoms with Crippen LogP contribution < -0.4 is 16.4 Å². The standard InChI is InChI=1S/C20H18BrFN6O3/c21-11-5-13(8-24-7-11)25-18(29)17-6-12(22)9-28(17)20(31)26-15-10-27(19(23)30)16-4-2-1-3-14(15)16/h1-5,7-8,10,12,17H,6,9H2,(H2,23,30)(H,25,29)(H,26,31)/t12-,17+/m1/s1. The van der Waals surface area contributed by atoms with Gasteiger partial charge in [0.05, 0.1) is 29.6 Å². The summed E-state index contributed by atoms with van der Waals surface area (Å²) in [5, 5.41) is 5.92. The normalized spacial score (nSPS) is 18.2. The third-order valence-electron chi connectivity index (χ3n) is 4.98. The first kappa shape index (κ1) is 20.8. The third-order valence-corrected chi connectivity index (χ3v) is 5.41. The maximum Gasteiger partial charge on any atom is 0.323 e. The molecule has 160 valence electrons. The van der Waals surface area contributed by atoms with Gasteiger partial charge in [0.2, 0.25) is 5.91 Å². The minimum atomic E-state index is -1.34. The molecule has 4 amide bonds. The topological polar surface area (TPSA) is 122 Å². The Morgan fingerprint density at radius 1 is 1.19 bits per heavy atom.